The van der Waals surface area contributed by atoms with Crippen LogP contribution in [-0.2, 0) is 17.4 Å². The summed E-state index contributed by atoms with van der Waals surface area (Å²) in [5.41, 5.74) is 2.59. The van der Waals surface area contributed by atoms with Gasteiger partial charge in [-0.1, -0.05) is 42.5 Å². The number of benzene rings is 2. The molecule has 0 aliphatic rings. The van der Waals surface area contributed by atoms with Crippen LogP contribution in [0.15, 0.2) is 73.1 Å². The molecule has 4 rings (SSSR count). The predicted octanol–water partition coefficient (Wildman–Crippen LogP) is 4.83. The monoisotopic (exact) mass is 438 g/mol. The van der Waals surface area contributed by atoms with Crippen molar-refractivity contribution in [1.82, 2.24) is 19.5 Å². The predicted molar refractivity (Wildman–Crippen MR) is 115 cm³/mol. The van der Waals surface area contributed by atoms with Crippen LogP contribution in [0, 0.1) is 0 Å². The summed E-state index contributed by atoms with van der Waals surface area (Å²) in [4.78, 5) is 19.0. The highest BCUT2D eigenvalue weighted by Gasteiger charge is 2.30. The molecular weight excluding hydrogens is 417 g/mol. The van der Waals surface area contributed by atoms with Crippen LogP contribution >= 0.6 is 0 Å². The zero-order valence-corrected chi connectivity index (χ0v) is 17.5. The molecule has 0 bridgehead atoms. The first-order valence-electron chi connectivity index (χ1n) is 10.0. The smallest absolute Gasteiger partial charge is 0.348 e. The molecule has 0 saturated carbocycles. The largest absolute Gasteiger partial charge is 0.416 e. The van der Waals surface area contributed by atoms with Gasteiger partial charge in [-0.05, 0) is 35.7 Å². The van der Waals surface area contributed by atoms with Crippen LogP contribution in [0.1, 0.15) is 22.7 Å². The van der Waals surface area contributed by atoms with E-state index in [0.717, 1.165) is 17.7 Å². The lowest BCUT2D eigenvalue weighted by molar-refractivity contribution is -0.137. The molecule has 2 aromatic heterocycles. The van der Waals surface area contributed by atoms with Gasteiger partial charge in [-0.25, -0.2) is 9.50 Å². The number of carbonyl (C=O) groups is 1. The highest BCUT2D eigenvalue weighted by Crippen LogP contribution is 2.32. The maximum absolute atomic E-state index is 13.1. The highest BCUT2D eigenvalue weighted by molar-refractivity contribution is 5.84. The quantitative estimate of drug-likeness (QED) is 0.449. The molecular formula is C24H21F3N4O. The number of alkyl halides is 3. The zero-order valence-electron chi connectivity index (χ0n) is 17.5. The second-order valence-electron chi connectivity index (χ2n) is 7.71. The molecule has 4 aromatic rings. The average Bonchev–Trinajstić information content (AvgIpc) is 3.21. The van der Waals surface area contributed by atoms with E-state index in [2.05, 4.69) is 10.1 Å². The van der Waals surface area contributed by atoms with Gasteiger partial charge in [0.1, 0.15) is 0 Å². The molecule has 32 heavy (non-hydrogen) atoms. The summed E-state index contributed by atoms with van der Waals surface area (Å²) in [6.07, 6.45) is -0.760. The zero-order chi connectivity index (χ0) is 22.9. The summed E-state index contributed by atoms with van der Waals surface area (Å²) in [6.45, 7) is 0. The summed E-state index contributed by atoms with van der Waals surface area (Å²) >= 11 is 0. The topological polar surface area (TPSA) is 50.5 Å². The fraction of sp³-hybridized carbons (Fsp3) is 0.208. The third kappa shape index (κ3) is 4.21. The van der Waals surface area contributed by atoms with Gasteiger partial charge in [-0.2, -0.15) is 18.3 Å². The first-order valence-corrected chi connectivity index (χ1v) is 10.0. The summed E-state index contributed by atoms with van der Waals surface area (Å²) < 4.78 is 40.3. The molecule has 1 atom stereocenters. The van der Waals surface area contributed by atoms with Gasteiger partial charge in [0.05, 0.1) is 23.4 Å². The van der Waals surface area contributed by atoms with E-state index >= 15 is 0 Å². The van der Waals surface area contributed by atoms with E-state index in [1.807, 2.05) is 30.3 Å². The Kier molecular flexibility index (Phi) is 5.69. The third-order valence-corrected chi connectivity index (χ3v) is 5.33. The molecule has 0 fully saturated rings. The lowest BCUT2D eigenvalue weighted by Gasteiger charge is -2.21. The number of aromatic nitrogens is 3. The number of amides is 1. The van der Waals surface area contributed by atoms with Crippen molar-refractivity contribution in [2.75, 3.05) is 14.1 Å². The van der Waals surface area contributed by atoms with Crippen molar-refractivity contribution in [3.63, 3.8) is 0 Å². The van der Waals surface area contributed by atoms with Crippen molar-refractivity contribution >= 4 is 11.6 Å². The Hall–Kier alpha value is -3.68. The van der Waals surface area contributed by atoms with Crippen molar-refractivity contribution in [1.29, 1.82) is 0 Å². The normalized spacial score (nSPS) is 12.7. The number of hydrogen-bond acceptors (Lipinski definition) is 3. The van der Waals surface area contributed by atoms with Crippen molar-refractivity contribution in [3.05, 3.63) is 89.9 Å². The summed E-state index contributed by atoms with van der Waals surface area (Å²) in [5, 5.41) is 4.43. The molecule has 0 spiro atoms. The van der Waals surface area contributed by atoms with Gasteiger partial charge < -0.3 is 4.90 Å². The Morgan fingerprint density at radius 3 is 2.34 bits per heavy atom. The number of nitrogens with zero attached hydrogens (tertiary/aromatic N) is 4. The molecule has 0 aliphatic heterocycles. The number of carbonyl (C=O) groups excluding carboxylic acids is 1. The first kappa shape index (κ1) is 21.5. The number of fused-ring (bicyclic) bond motifs is 1. The molecule has 1 amide bonds. The summed E-state index contributed by atoms with van der Waals surface area (Å²) in [6, 6.07) is 16.3. The van der Waals surface area contributed by atoms with Crippen LogP contribution in [0.25, 0.3) is 16.8 Å². The number of hydrogen-bond donors (Lipinski definition) is 0. The third-order valence-electron chi connectivity index (χ3n) is 5.33. The van der Waals surface area contributed by atoms with Crippen LogP contribution < -0.4 is 0 Å². The summed E-state index contributed by atoms with van der Waals surface area (Å²) in [5.74, 6) is -0.578. The minimum absolute atomic E-state index is 0.0760. The lowest BCUT2D eigenvalue weighted by Crippen LogP contribution is -2.30. The fourth-order valence-corrected chi connectivity index (χ4v) is 3.70. The molecule has 2 heterocycles. The van der Waals surface area contributed by atoms with E-state index in [4.69, 9.17) is 0 Å². The van der Waals surface area contributed by atoms with Gasteiger partial charge in [-0.15, -0.1) is 0 Å². The van der Waals surface area contributed by atoms with E-state index in [1.54, 1.807) is 42.0 Å². The van der Waals surface area contributed by atoms with Crippen molar-refractivity contribution in [3.8, 4) is 11.1 Å². The van der Waals surface area contributed by atoms with Crippen LogP contribution in [-0.4, -0.2) is 39.5 Å². The van der Waals surface area contributed by atoms with E-state index in [-0.39, 0.29) is 5.91 Å². The van der Waals surface area contributed by atoms with Crippen LogP contribution in [0.2, 0.25) is 0 Å². The lowest BCUT2D eigenvalue weighted by atomic mass is 9.94. The van der Waals surface area contributed by atoms with Gasteiger partial charge >= 0.3 is 6.18 Å². The van der Waals surface area contributed by atoms with E-state index in [1.165, 1.54) is 12.1 Å². The molecule has 8 heteroatoms. The Bertz CT molecular complexity index is 1230. The van der Waals surface area contributed by atoms with Crippen LogP contribution in [0.4, 0.5) is 13.2 Å². The molecule has 0 N–H and O–H groups in total. The number of rotatable bonds is 5. The number of likely N-dealkylation sites (N-methyl/N-ethyl adjacent to an activating group) is 1. The highest BCUT2D eigenvalue weighted by atomic mass is 19.4. The Morgan fingerprint density at radius 1 is 1.03 bits per heavy atom. The maximum Gasteiger partial charge on any atom is 0.416 e. The minimum atomic E-state index is -4.40. The van der Waals surface area contributed by atoms with Gasteiger partial charge in [0, 0.05) is 25.9 Å². The van der Waals surface area contributed by atoms with Crippen molar-refractivity contribution in [2.24, 2.45) is 0 Å². The molecule has 2 aromatic carbocycles. The van der Waals surface area contributed by atoms with E-state index < -0.39 is 17.7 Å². The van der Waals surface area contributed by atoms with Gasteiger partial charge in [0.25, 0.3) is 0 Å². The fourth-order valence-electron chi connectivity index (χ4n) is 3.70. The maximum atomic E-state index is 13.1. The van der Waals surface area contributed by atoms with E-state index in [0.29, 0.717) is 28.9 Å². The van der Waals surface area contributed by atoms with Crippen LogP contribution in [0.5, 0.6) is 0 Å². The van der Waals surface area contributed by atoms with Crippen LogP contribution in [0.3, 0.4) is 0 Å². The second kappa shape index (κ2) is 8.45. The Balaban J connectivity index is 1.77. The van der Waals surface area contributed by atoms with Gasteiger partial charge in [-0.3, -0.25) is 4.79 Å². The minimum Gasteiger partial charge on any atom is -0.348 e. The molecule has 5 nitrogen and oxygen atoms in total. The molecule has 0 radical (unpaired) electrons. The Morgan fingerprint density at radius 2 is 1.72 bits per heavy atom. The first-order chi connectivity index (χ1) is 15.3. The standard InChI is InChI=1S/C24H21F3N4O/c1-30(2)23(32)19(14-16-6-4-3-5-7-16)21-12-13-28-22-20(15-29-31(21)22)17-8-10-18(11-9-17)24(25,26)27/h3-13,15,19H,14H2,1-2H3. The van der Waals surface area contributed by atoms with Gasteiger partial charge in [0.2, 0.25) is 5.91 Å². The van der Waals surface area contributed by atoms with Crippen molar-refractivity contribution in [2.45, 2.75) is 18.5 Å². The second-order valence-corrected chi connectivity index (χ2v) is 7.71. The molecule has 1 unspecified atom stereocenters. The average molecular weight is 438 g/mol. The van der Waals surface area contributed by atoms with Gasteiger partial charge in [0.15, 0.2) is 5.65 Å². The van der Waals surface area contributed by atoms with Crippen molar-refractivity contribution < 1.29 is 18.0 Å². The molecule has 0 aliphatic carbocycles. The molecule has 164 valence electrons. The number of halogens is 3. The SMILES string of the molecule is CN(C)C(=O)C(Cc1ccccc1)c1ccnc2c(-c3ccc(C(F)(F)F)cc3)cnn12. The van der Waals surface area contributed by atoms with E-state index in [9.17, 15) is 18.0 Å². The molecule has 0 saturated heterocycles. The Labute approximate surface area is 183 Å². The summed E-state index contributed by atoms with van der Waals surface area (Å²) in [7, 11) is 3.41.